The zero-order chi connectivity index (χ0) is 22.5. The Hall–Kier alpha value is -1.78. The lowest BCUT2D eigenvalue weighted by Crippen LogP contribution is -2.46. The summed E-state index contributed by atoms with van der Waals surface area (Å²) in [6.07, 6.45) is 8.69. The maximum Gasteiger partial charge on any atom is 0.173 e. The smallest absolute Gasteiger partial charge is 0.173 e. The molecule has 0 unspecified atom stereocenters. The molecule has 1 N–H and O–H groups in total. The van der Waals surface area contributed by atoms with Crippen LogP contribution in [-0.4, -0.2) is 29.1 Å². The van der Waals surface area contributed by atoms with Crippen LogP contribution in [0.2, 0.25) is 5.02 Å². The van der Waals surface area contributed by atoms with Crippen LogP contribution in [0.5, 0.6) is 0 Å². The predicted molar refractivity (Wildman–Crippen MR) is 142 cm³/mol. The van der Waals surface area contributed by atoms with Crippen molar-refractivity contribution in [1.82, 2.24) is 4.90 Å². The molecule has 1 saturated carbocycles. The molecule has 0 aromatic heterocycles. The van der Waals surface area contributed by atoms with E-state index in [1.807, 2.05) is 24.3 Å². The highest BCUT2D eigenvalue weighted by molar-refractivity contribution is 7.80. The van der Waals surface area contributed by atoms with Crippen LogP contribution in [0, 0.1) is 5.92 Å². The Morgan fingerprint density at radius 1 is 1.16 bits per heavy atom. The third kappa shape index (κ3) is 5.58. The van der Waals surface area contributed by atoms with Crippen LogP contribution in [0.15, 0.2) is 42.5 Å². The van der Waals surface area contributed by atoms with Gasteiger partial charge < -0.3 is 15.1 Å². The maximum atomic E-state index is 6.21. The van der Waals surface area contributed by atoms with Gasteiger partial charge in [0.1, 0.15) is 0 Å². The normalized spacial score (nSPS) is 20.5. The van der Waals surface area contributed by atoms with Gasteiger partial charge in [-0.1, -0.05) is 56.5 Å². The number of rotatable bonds is 6. The lowest BCUT2D eigenvalue weighted by molar-refractivity contribution is 0.177. The molecular weight excluding hydrogens is 434 g/mol. The summed E-state index contributed by atoms with van der Waals surface area (Å²) in [6, 6.07) is 15.4. The number of fused-ring (bicyclic) bond motifs is 1. The first-order chi connectivity index (χ1) is 15.5. The van der Waals surface area contributed by atoms with Crippen molar-refractivity contribution in [3.8, 4) is 0 Å². The number of anilines is 2. The second-order valence-corrected chi connectivity index (χ2v) is 10.3. The van der Waals surface area contributed by atoms with Crippen LogP contribution < -0.4 is 10.2 Å². The molecule has 32 heavy (non-hydrogen) atoms. The van der Waals surface area contributed by atoms with E-state index in [0.29, 0.717) is 12.0 Å². The second-order valence-electron chi connectivity index (χ2n) is 9.45. The number of hydrogen-bond donors (Lipinski definition) is 1. The van der Waals surface area contributed by atoms with E-state index in [1.165, 1.54) is 68.3 Å². The van der Waals surface area contributed by atoms with Crippen LogP contribution >= 0.6 is 23.8 Å². The van der Waals surface area contributed by atoms with Crippen molar-refractivity contribution in [1.29, 1.82) is 0 Å². The molecule has 0 saturated heterocycles. The largest absolute Gasteiger partial charge is 0.371 e. The average Bonchev–Trinajstić information content (AvgIpc) is 2.78. The van der Waals surface area contributed by atoms with Crippen molar-refractivity contribution in [2.24, 2.45) is 5.92 Å². The first-order valence-corrected chi connectivity index (χ1v) is 13.0. The first kappa shape index (κ1) is 23.4. The molecule has 4 rings (SSSR count). The number of hydrogen-bond acceptors (Lipinski definition) is 2. The summed E-state index contributed by atoms with van der Waals surface area (Å²) in [7, 11) is 0. The van der Waals surface area contributed by atoms with Gasteiger partial charge in [-0.2, -0.15) is 0 Å². The summed E-state index contributed by atoms with van der Waals surface area (Å²) < 4.78 is 0. The van der Waals surface area contributed by atoms with Gasteiger partial charge in [-0.25, -0.2) is 0 Å². The van der Waals surface area contributed by atoms with Gasteiger partial charge in [-0.15, -0.1) is 0 Å². The predicted octanol–water partition coefficient (Wildman–Crippen LogP) is 7.28. The Balaban J connectivity index is 1.57. The molecule has 5 heteroatoms. The molecule has 172 valence electrons. The molecule has 0 radical (unpaired) electrons. The van der Waals surface area contributed by atoms with Gasteiger partial charge in [0, 0.05) is 42.1 Å². The molecule has 1 aliphatic heterocycles. The van der Waals surface area contributed by atoms with Crippen LogP contribution in [0.3, 0.4) is 0 Å². The quantitative estimate of drug-likeness (QED) is 0.448. The van der Waals surface area contributed by atoms with Gasteiger partial charge in [0.2, 0.25) is 0 Å². The minimum absolute atomic E-state index is 0.468. The van der Waals surface area contributed by atoms with Gasteiger partial charge in [-0.05, 0) is 85.6 Å². The van der Waals surface area contributed by atoms with E-state index in [1.54, 1.807) is 0 Å². The highest BCUT2D eigenvalue weighted by Gasteiger charge is 2.29. The number of thiocarbonyl (C=S) groups is 1. The van der Waals surface area contributed by atoms with E-state index in [2.05, 4.69) is 47.2 Å². The topological polar surface area (TPSA) is 18.5 Å². The summed E-state index contributed by atoms with van der Waals surface area (Å²) in [5, 5.41) is 5.00. The van der Waals surface area contributed by atoms with E-state index in [4.69, 9.17) is 23.8 Å². The molecule has 0 amide bonds. The summed E-state index contributed by atoms with van der Waals surface area (Å²) in [6.45, 7) is 7.82. The van der Waals surface area contributed by atoms with E-state index < -0.39 is 0 Å². The summed E-state index contributed by atoms with van der Waals surface area (Å²) in [5.74, 6) is 0.639. The van der Waals surface area contributed by atoms with Crippen molar-refractivity contribution in [2.75, 3.05) is 23.3 Å². The average molecular weight is 470 g/mol. The number of nitrogens with zero attached hydrogens (tertiary/aromatic N) is 2. The van der Waals surface area contributed by atoms with Crippen molar-refractivity contribution >= 4 is 40.3 Å². The van der Waals surface area contributed by atoms with E-state index in [9.17, 15) is 0 Å². The highest BCUT2D eigenvalue weighted by atomic mass is 35.5. The van der Waals surface area contributed by atoms with Crippen LogP contribution in [0.25, 0.3) is 0 Å². The second kappa shape index (κ2) is 10.9. The number of benzene rings is 2. The van der Waals surface area contributed by atoms with Gasteiger partial charge >= 0.3 is 0 Å². The molecule has 1 aliphatic carbocycles. The molecular formula is C27H36ClN3S. The first-order valence-electron chi connectivity index (χ1n) is 12.2. The number of nitrogens with one attached hydrogen (secondary N) is 1. The lowest BCUT2D eigenvalue weighted by atomic mass is 9.84. The highest BCUT2D eigenvalue weighted by Crippen LogP contribution is 2.32. The SMILES string of the molecule is CCCN1CCCc2cc(CN(C(=S)Nc3cccc(Cl)c3)[C@H]3CCCC[C@H]3C)ccc21. The molecule has 1 heterocycles. The Morgan fingerprint density at radius 2 is 2.00 bits per heavy atom. The number of aryl methyl sites for hydroxylation is 1. The standard InChI is InChI=1S/C27H36ClN3S/c1-3-15-30-16-7-9-22-17-21(13-14-26(22)30)19-31(25-12-5-4-8-20(25)2)27(32)29-24-11-6-10-23(28)18-24/h6,10-11,13-14,17-18,20,25H,3-5,7-9,12,15-16,19H2,1-2H3,(H,29,32)/t20-,25+/m1/s1. The Kier molecular flexibility index (Phi) is 7.96. The molecule has 0 bridgehead atoms. The minimum atomic E-state index is 0.468. The van der Waals surface area contributed by atoms with Crippen molar-refractivity contribution < 1.29 is 0 Å². The van der Waals surface area contributed by atoms with Crippen molar-refractivity contribution in [3.63, 3.8) is 0 Å². The zero-order valence-electron chi connectivity index (χ0n) is 19.4. The van der Waals surface area contributed by atoms with Crippen molar-refractivity contribution in [2.45, 2.75) is 71.4 Å². The molecule has 3 nitrogen and oxygen atoms in total. The molecule has 1 fully saturated rings. The third-order valence-electron chi connectivity index (χ3n) is 7.01. The van der Waals surface area contributed by atoms with Crippen molar-refractivity contribution in [3.05, 3.63) is 58.6 Å². The Labute approximate surface area is 204 Å². The Morgan fingerprint density at radius 3 is 2.78 bits per heavy atom. The monoisotopic (exact) mass is 469 g/mol. The van der Waals surface area contributed by atoms with E-state index >= 15 is 0 Å². The van der Waals surface area contributed by atoms with Gasteiger partial charge in [0.15, 0.2) is 5.11 Å². The number of halogens is 1. The fourth-order valence-corrected chi connectivity index (χ4v) is 5.89. The zero-order valence-corrected chi connectivity index (χ0v) is 21.0. The van der Waals surface area contributed by atoms with Crippen LogP contribution in [0.4, 0.5) is 11.4 Å². The molecule has 0 spiro atoms. The van der Waals surface area contributed by atoms with E-state index in [-0.39, 0.29) is 0 Å². The van der Waals surface area contributed by atoms with Crippen LogP contribution in [0.1, 0.15) is 63.5 Å². The fourth-order valence-electron chi connectivity index (χ4n) is 5.39. The van der Waals surface area contributed by atoms with Gasteiger partial charge in [0.05, 0.1) is 0 Å². The van der Waals surface area contributed by atoms with E-state index in [0.717, 1.165) is 28.9 Å². The summed E-state index contributed by atoms with van der Waals surface area (Å²) >= 11 is 12.2. The lowest BCUT2D eigenvalue weighted by Gasteiger charge is -2.40. The molecule has 2 aromatic carbocycles. The van der Waals surface area contributed by atoms with Crippen LogP contribution in [-0.2, 0) is 13.0 Å². The summed E-state index contributed by atoms with van der Waals surface area (Å²) in [4.78, 5) is 4.99. The molecule has 2 aliphatic rings. The third-order valence-corrected chi connectivity index (χ3v) is 7.58. The maximum absolute atomic E-state index is 6.21. The minimum Gasteiger partial charge on any atom is -0.371 e. The fraction of sp³-hybridized carbons (Fsp3) is 0.519. The molecule has 2 atom stereocenters. The Bertz CT molecular complexity index is 931. The molecule has 2 aromatic rings. The summed E-state index contributed by atoms with van der Waals surface area (Å²) in [5.41, 5.74) is 5.23. The van der Waals surface area contributed by atoms with Gasteiger partial charge in [0.25, 0.3) is 0 Å². The van der Waals surface area contributed by atoms with Gasteiger partial charge in [-0.3, -0.25) is 0 Å².